The molecule has 1 aliphatic carbocycles. The summed E-state index contributed by atoms with van der Waals surface area (Å²) in [6.45, 7) is 6.09. The number of nitrogens with one attached hydrogen (secondary N) is 1. The van der Waals surface area contributed by atoms with Gasteiger partial charge in [0.1, 0.15) is 0 Å². The number of aromatic nitrogens is 2. The van der Waals surface area contributed by atoms with Crippen LogP contribution in [0.25, 0.3) is 10.8 Å². The summed E-state index contributed by atoms with van der Waals surface area (Å²) in [6.07, 6.45) is 3.21. The third kappa shape index (κ3) is 4.08. The van der Waals surface area contributed by atoms with Gasteiger partial charge in [-0.25, -0.2) is 9.48 Å². The Morgan fingerprint density at radius 2 is 1.93 bits per heavy atom. The molecule has 0 bridgehead atoms. The van der Waals surface area contributed by atoms with Crippen molar-refractivity contribution in [1.29, 1.82) is 0 Å². The number of amides is 1. The van der Waals surface area contributed by atoms with E-state index in [9.17, 15) is 14.4 Å². The molecular weight excluding hydrogens is 358 g/mol. The van der Waals surface area contributed by atoms with E-state index in [0.717, 1.165) is 12.8 Å². The monoisotopic (exact) mass is 385 g/mol. The van der Waals surface area contributed by atoms with Crippen molar-refractivity contribution in [3.8, 4) is 0 Å². The van der Waals surface area contributed by atoms with Gasteiger partial charge in [0.05, 0.1) is 5.39 Å². The molecule has 1 N–H and O–H groups in total. The molecule has 1 saturated carbocycles. The van der Waals surface area contributed by atoms with Gasteiger partial charge in [0, 0.05) is 18.0 Å². The quantitative estimate of drug-likeness (QED) is 0.799. The molecule has 0 spiro atoms. The van der Waals surface area contributed by atoms with Gasteiger partial charge >= 0.3 is 5.97 Å². The highest BCUT2D eigenvalue weighted by Gasteiger charge is 2.28. The average molecular weight is 385 g/mol. The molecule has 28 heavy (non-hydrogen) atoms. The summed E-state index contributed by atoms with van der Waals surface area (Å²) in [5, 5.41) is 7.95. The summed E-state index contributed by atoms with van der Waals surface area (Å²) in [6, 6.07) is 6.88. The molecule has 0 saturated heterocycles. The van der Waals surface area contributed by atoms with E-state index >= 15 is 0 Å². The third-order valence-corrected chi connectivity index (χ3v) is 5.75. The zero-order valence-corrected chi connectivity index (χ0v) is 16.6. The highest BCUT2D eigenvalue weighted by Crippen LogP contribution is 2.29. The second-order valence-corrected chi connectivity index (χ2v) is 7.53. The van der Waals surface area contributed by atoms with Crippen molar-refractivity contribution in [3.63, 3.8) is 0 Å². The summed E-state index contributed by atoms with van der Waals surface area (Å²) in [5.41, 5.74) is -0.211. The van der Waals surface area contributed by atoms with Crippen LogP contribution < -0.4 is 10.9 Å². The standard InChI is InChI=1S/C21H27N3O4/c1-4-24-20(26)16-10-6-5-9-15(16)19(23-24)21(27)28-12-18(25)22-17-11-7-8-13(2)14(17)3/h5-6,9-10,13-14,17H,4,7-8,11-12H2,1-3H3,(H,22,25)/t13-,14+,17-/m1/s1. The molecule has 1 fully saturated rings. The number of rotatable bonds is 5. The lowest BCUT2D eigenvalue weighted by atomic mass is 9.78. The number of hydrogen-bond donors (Lipinski definition) is 1. The van der Waals surface area contributed by atoms with E-state index in [1.165, 1.54) is 11.1 Å². The van der Waals surface area contributed by atoms with Gasteiger partial charge in [-0.1, -0.05) is 44.9 Å². The van der Waals surface area contributed by atoms with Gasteiger partial charge in [-0.2, -0.15) is 5.10 Å². The number of esters is 1. The van der Waals surface area contributed by atoms with Gasteiger partial charge < -0.3 is 10.1 Å². The highest BCUT2D eigenvalue weighted by molar-refractivity contribution is 6.02. The number of nitrogens with zero attached hydrogens (tertiary/aromatic N) is 2. The Hall–Kier alpha value is -2.70. The molecule has 7 heteroatoms. The zero-order valence-electron chi connectivity index (χ0n) is 16.6. The van der Waals surface area contributed by atoms with Crippen LogP contribution in [0.1, 0.15) is 50.5 Å². The van der Waals surface area contributed by atoms with Crippen molar-refractivity contribution in [2.24, 2.45) is 11.8 Å². The van der Waals surface area contributed by atoms with Crippen LogP contribution in [0.5, 0.6) is 0 Å². The summed E-state index contributed by atoms with van der Waals surface area (Å²) in [7, 11) is 0. The number of fused-ring (bicyclic) bond motifs is 1. The lowest BCUT2D eigenvalue weighted by Gasteiger charge is -2.34. The predicted molar refractivity (Wildman–Crippen MR) is 106 cm³/mol. The van der Waals surface area contributed by atoms with Crippen molar-refractivity contribution in [2.75, 3.05) is 6.61 Å². The zero-order chi connectivity index (χ0) is 20.3. The normalized spacial score (nSPS) is 22.0. The molecule has 1 aliphatic rings. The Morgan fingerprint density at radius 3 is 2.64 bits per heavy atom. The first kappa shape index (κ1) is 20.0. The fourth-order valence-electron chi connectivity index (χ4n) is 3.83. The first-order valence-corrected chi connectivity index (χ1v) is 9.88. The van der Waals surface area contributed by atoms with Crippen molar-refractivity contribution in [2.45, 2.75) is 52.6 Å². The highest BCUT2D eigenvalue weighted by atomic mass is 16.5. The molecule has 0 aliphatic heterocycles. The minimum absolute atomic E-state index is 0.0458. The molecule has 0 unspecified atom stereocenters. The van der Waals surface area contributed by atoms with E-state index in [-0.39, 0.29) is 29.8 Å². The van der Waals surface area contributed by atoms with E-state index < -0.39 is 5.97 Å². The molecule has 1 amide bonds. The maximum Gasteiger partial charge on any atom is 0.359 e. The van der Waals surface area contributed by atoms with Gasteiger partial charge in [-0.05, 0) is 31.2 Å². The van der Waals surface area contributed by atoms with Crippen LogP contribution in [0.2, 0.25) is 0 Å². The minimum atomic E-state index is -0.710. The van der Waals surface area contributed by atoms with Gasteiger partial charge in [0.15, 0.2) is 12.3 Å². The summed E-state index contributed by atoms with van der Waals surface area (Å²) in [4.78, 5) is 37.2. The molecule has 1 heterocycles. The summed E-state index contributed by atoms with van der Waals surface area (Å²) < 4.78 is 6.44. The van der Waals surface area contributed by atoms with Gasteiger partial charge in [-0.3, -0.25) is 9.59 Å². The molecule has 2 aromatic rings. The molecule has 3 atom stereocenters. The Labute approximate surface area is 164 Å². The predicted octanol–water partition coefficient (Wildman–Crippen LogP) is 2.51. The Balaban J connectivity index is 1.71. The number of aryl methyl sites for hydroxylation is 1. The summed E-state index contributed by atoms with van der Waals surface area (Å²) >= 11 is 0. The van der Waals surface area contributed by atoms with Gasteiger partial charge in [0.25, 0.3) is 11.5 Å². The molecule has 7 nitrogen and oxygen atoms in total. The smallest absolute Gasteiger partial charge is 0.359 e. The fourth-order valence-corrected chi connectivity index (χ4v) is 3.83. The molecular formula is C21H27N3O4. The molecule has 3 rings (SSSR count). The van der Waals surface area contributed by atoms with Crippen molar-refractivity contribution in [3.05, 3.63) is 40.3 Å². The van der Waals surface area contributed by atoms with Crippen LogP contribution in [0, 0.1) is 11.8 Å². The number of hydrogen-bond acceptors (Lipinski definition) is 5. The van der Waals surface area contributed by atoms with E-state index in [1.807, 2.05) is 0 Å². The Morgan fingerprint density at radius 1 is 1.21 bits per heavy atom. The van der Waals surface area contributed by atoms with Crippen LogP contribution in [-0.4, -0.2) is 34.3 Å². The van der Waals surface area contributed by atoms with Crippen molar-refractivity contribution >= 4 is 22.6 Å². The van der Waals surface area contributed by atoms with Crippen LogP contribution >= 0.6 is 0 Å². The Bertz CT molecular complexity index is 937. The maximum absolute atomic E-state index is 12.6. The topological polar surface area (TPSA) is 90.3 Å². The number of benzene rings is 1. The molecule has 1 aromatic carbocycles. The van der Waals surface area contributed by atoms with E-state index in [0.29, 0.717) is 29.2 Å². The van der Waals surface area contributed by atoms with E-state index in [2.05, 4.69) is 24.3 Å². The third-order valence-electron chi connectivity index (χ3n) is 5.75. The second kappa shape index (κ2) is 8.54. The average Bonchev–Trinajstić information content (AvgIpc) is 2.70. The lowest BCUT2D eigenvalue weighted by Crippen LogP contribution is -2.45. The second-order valence-electron chi connectivity index (χ2n) is 7.53. The van der Waals surface area contributed by atoms with Gasteiger partial charge in [-0.15, -0.1) is 0 Å². The first-order valence-electron chi connectivity index (χ1n) is 9.88. The van der Waals surface area contributed by atoms with Crippen LogP contribution in [0.15, 0.2) is 29.1 Å². The Kier molecular flexibility index (Phi) is 6.11. The SMILES string of the molecule is CCn1nc(C(=O)OCC(=O)N[C@@H]2CCC[C@@H](C)[C@@H]2C)c2ccccc2c1=O. The fraction of sp³-hybridized carbons (Fsp3) is 0.524. The number of carbonyl (C=O) groups is 2. The molecule has 0 radical (unpaired) electrons. The van der Waals surface area contributed by atoms with E-state index in [1.54, 1.807) is 31.2 Å². The number of carbonyl (C=O) groups excluding carboxylic acids is 2. The van der Waals surface area contributed by atoms with Crippen molar-refractivity contribution in [1.82, 2.24) is 15.1 Å². The first-order chi connectivity index (χ1) is 13.4. The van der Waals surface area contributed by atoms with Crippen LogP contribution in [0.4, 0.5) is 0 Å². The van der Waals surface area contributed by atoms with Crippen molar-refractivity contribution < 1.29 is 14.3 Å². The maximum atomic E-state index is 12.6. The number of ether oxygens (including phenoxy) is 1. The lowest BCUT2D eigenvalue weighted by molar-refractivity contribution is -0.125. The largest absolute Gasteiger partial charge is 0.451 e. The van der Waals surface area contributed by atoms with Crippen LogP contribution in [0.3, 0.4) is 0 Å². The van der Waals surface area contributed by atoms with Gasteiger partial charge in [0.2, 0.25) is 0 Å². The molecule has 1 aromatic heterocycles. The summed E-state index contributed by atoms with van der Waals surface area (Å²) in [5.74, 6) is -0.0644. The molecule has 150 valence electrons. The minimum Gasteiger partial charge on any atom is -0.451 e. The van der Waals surface area contributed by atoms with Crippen LogP contribution in [-0.2, 0) is 16.1 Å². The van der Waals surface area contributed by atoms with E-state index in [4.69, 9.17) is 4.74 Å².